The number of hydrogen-bond donors (Lipinski definition) is 1. The molecule has 0 aliphatic rings. The lowest BCUT2D eigenvalue weighted by Crippen LogP contribution is -2.32. The highest BCUT2D eigenvalue weighted by Crippen LogP contribution is 2.29. The first-order chi connectivity index (χ1) is 13.2. The number of halogens is 3. The monoisotopic (exact) mass is 397 g/mol. The van der Waals surface area contributed by atoms with Crippen LogP contribution in [0.3, 0.4) is 0 Å². The Labute approximate surface area is 161 Å². The summed E-state index contributed by atoms with van der Waals surface area (Å²) >= 11 is 0. The number of likely N-dealkylation sites (N-methyl/N-ethyl adjacent to an activating group) is 1. The zero-order valence-corrected chi connectivity index (χ0v) is 15.6. The van der Waals surface area contributed by atoms with Crippen LogP contribution in [0.5, 0.6) is 5.75 Å². The fourth-order valence-corrected chi connectivity index (χ4v) is 2.61. The molecule has 28 heavy (non-hydrogen) atoms. The van der Waals surface area contributed by atoms with E-state index in [0.29, 0.717) is 23.4 Å². The molecular formula is C20H22F3NO4. The Kier molecular flexibility index (Phi) is 7.42. The van der Waals surface area contributed by atoms with E-state index < -0.39 is 23.8 Å². The second-order valence-corrected chi connectivity index (χ2v) is 6.38. The molecule has 152 valence electrons. The molecule has 8 heteroatoms. The van der Waals surface area contributed by atoms with Gasteiger partial charge in [-0.1, -0.05) is 18.2 Å². The number of alkyl halides is 3. The fraction of sp³-hybridized carbons (Fsp3) is 0.350. The minimum absolute atomic E-state index is 0.00196. The number of nitrogens with zero attached hydrogens (tertiary/aromatic N) is 1. The van der Waals surface area contributed by atoms with Gasteiger partial charge in [-0.3, -0.25) is 4.90 Å². The summed E-state index contributed by atoms with van der Waals surface area (Å²) in [6.07, 6.45) is -5.18. The smallest absolute Gasteiger partial charge is 0.416 e. The van der Waals surface area contributed by atoms with E-state index in [4.69, 9.17) is 4.74 Å². The van der Waals surface area contributed by atoms with Crippen LogP contribution >= 0.6 is 0 Å². The Bertz CT molecular complexity index is 778. The molecule has 0 bridgehead atoms. The number of esters is 1. The van der Waals surface area contributed by atoms with Crippen LogP contribution < -0.4 is 4.74 Å². The van der Waals surface area contributed by atoms with Crippen LogP contribution in [-0.4, -0.2) is 49.4 Å². The molecule has 2 rings (SSSR count). The van der Waals surface area contributed by atoms with E-state index in [1.54, 1.807) is 30.1 Å². The number of rotatable bonds is 8. The summed E-state index contributed by atoms with van der Waals surface area (Å²) in [5.41, 5.74) is 0.352. The molecule has 0 saturated carbocycles. The second kappa shape index (κ2) is 9.57. The average Bonchev–Trinajstić information content (AvgIpc) is 2.65. The maximum Gasteiger partial charge on any atom is 0.416 e. The summed E-state index contributed by atoms with van der Waals surface area (Å²) in [4.78, 5) is 13.3. The van der Waals surface area contributed by atoms with Crippen LogP contribution in [0.25, 0.3) is 0 Å². The number of benzene rings is 2. The van der Waals surface area contributed by atoms with E-state index in [-0.39, 0.29) is 13.2 Å². The van der Waals surface area contributed by atoms with Gasteiger partial charge >= 0.3 is 12.1 Å². The van der Waals surface area contributed by atoms with Crippen molar-refractivity contribution in [3.63, 3.8) is 0 Å². The molecule has 2 aromatic carbocycles. The van der Waals surface area contributed by atoms with Crippen molar-refractivity contribution in [1.82, 2.24) is 4.90 Å². The third kappa shape index (κ3) is 6.54. The molecule has 2 aromatic rings. The molecule has 0 aromatic heterocycles. The van der Waals surface area contributed by atoms with Crippen LogP contribution in [-0.2, 0) is 17.5 Å². The summed E-state index contributed by atoms with van der Waals surface area (Å²) in [5, 5.41) is 10.1. The van der Waals surface area contributed by atoms with Gasteiger partial charge in [-0.25, -0.2) is 4.79 Å². The first-order valence-electron chi connectivity index (χ1n) is 8.53. The van der Waals surface area contributed by atoms with Crippen molar-refractivity contribution in [3.05, 3.63) is 65.2 Å². The molecule has 0 unspecified atom stereocenters. The van der Waals surface area contributed by atoms with Gasteiger partial charge in [-0.2, -0.15) is 13.2 Å². The minimum Gasteiger partial charge on any atom is -0.491 e. The summed E-state index contributed by atoms with van der Waals surface area (Å²) in [7, 11) is 3.03. The predicted molar refractivity (Wildman–Crippen MR) is 97.1 cm³/mol. The summed E-state index contributed by atoms with van der Waals surface area (Å²) in [6, 6.07) is 11.3. The van der Waals surface area contributed by atoms with Gasteiger partial charge in [-0.05, 0) is 42.9 Å². The molecule has 1 atom stereocenters. The van der Waals surface area contributed by atoms with Crippen LogP contribution in [0.1, 0.15) is 21.5 Å². The first kappa shape index (κ1) is 21.7. The van der Waals surface area contributed by atoms with Gasteiger partial charge in [0.05, 0.1) is 18.2 Å². The van der Waals surface area contributed by atoms with E-state index in [1.807, 2.05) is 0 Å². The van der Waals surface area contributed by atoms with Crippen molar-refractivity contribution in [1.29, 1.82) is 0 Å². The maximum atomic E-state index is 12.6. The Hall–Kier alpha value is -2.58. The number of hydrogen-bond acceptors (Lipinski definition) is 5. The molecule has 0 radical (unpaired) electrons. The minimum atomic E-state index is -4.36. The Morgan fingerprint density at radius 1 is 1.18 bits per heavy atom. The lowest BCUT2D eigenvalue weighted by Gasteiger charge is -2.21. The third-order valence-electron chi connectivity index (χ3n) is 3.95. The van der Waals surface area contributed by atoms with E-state index in [2.05, 4.69) is 4.74 Å². The van der Waals surface area contributed by atoms with Crippen LogP contribution in [0, 0.1) is 0 Å². The largest absolute Gasteiger partial charge is 0.491 e. The molecule has 0 amide bonds. The van der Waals surface area contributed by atoms with Crippen molar-refractivity contribution < 1.29 is 32.5 Å². The molecule has 0 spiro atoms. The fourth-order valence-electron chi connectivity index (χ4n) is 2.61. The molecule has 0 fully saturated rings. The summed E-state index contributed by atoms with van der Waals surface area (Å²) in [6.45, 7) is 0.646. The number of ether oxygens (including phenoxy) is 2. The van der Waals surface area contributed by atoms with Gasteiger partial charge in [0.25, 0.3) is 0 Å². The standard InChI is InChI=1S/C20H22F3NO4/c1-24(11-14-6-8-16(9-7-14)20(21,22)23)12-17(25)13-28-18-5-3-4-15(10-18)19(26)27-2/h3-10,17,25H,11-13H2,1-2H3/t17-/m1/s1. The zero-order chi connectivity index (χ0) is 20.7. The van der Waals surface area contributed by atoms with Crippen LogP contribution in [0.15, 0.2) is 48.5 Å². The SMILES string of the molecule is COC(=O)c1cccc(OC[C@H](O)CN(C)Cc2ccc(C(F)(F)F)cc2)c1. The van der Waals surface area contributed by atoms with Crippen molar-refractivity contribution in [2.75, 3.05) is 27.3 Å². The van der Waals surface area contributed by atoms with Gasteiger partial charge < -0.3 is 14.6 Å². The lowest BCUT2D eigenvalue weighted by atomic mass is 10.1. The van der Waals surface area contributed by atoms with Crippen molar-refractivity contribution in [3.8, 4) is 5.75 Å². The van der Waals surface area contributed by atoms with Crippen molar-refractivity contribution in [2.24, 2.45) is 0 Å². The highest BCUT2D eigenvalue weighted by molar-refractivity contribution is 5.89. The highest BCUT2D eigenvalue weighted by Gasteiger charge is 2.29. The third-order valence-corrected chi connectivity index (χ3v) is 3.95. The molecule has 1 N–H and O–H groups in total. The van der Waals surface area contributed by atoms with Crippen LogP contribution in [0.4, 0.5) is 13.2 Å². The molecule has 5 nitrogen and oxygen atoms in total. The van der Waals surface area contributed by atoms with Gasteiger partial charge in [0.15, 0.2) is 0 Å². The molecule has 0 saturated heterocycles. The Morgan fingerprint density at radius 2 is 1.86 bits per heavy atom. The maximum absolute atomic E-state index is 12.6. The Morgan fingerprint density at radius 3 is 2.46 bits per heavy atom. The van der Waals surface area contributed by atoms with Crippen LogP contribution in [0.2, 0.25) is 0 Å². The number of carbonyl (C=O) groups is 1. The molecule has 0 aliphatic carbocycles. The van der Waals surface area contributed by atoms with Gasteiger partial charge in [0, 0.05) is 13.1 Å². The number of aliphatic hydroxyl groups excluding tert-OH is 1. The first-order valence-corrected chi connectivity index (χ1v) is 8.53. The van der Waals surface area contributed by atoms with Gasteiger partial charge in [-0.15, -0.1) is 0 Å². The summed E-state index contributed by atoms with van der Waals surface area (Å²) in [5.74, 6) is -0.0605. The number of aliphatic hydroxyl groups is 1. The highest BCUT2D eigenvalue weighted by atomic mass is 19.4. The van der Waals surface area contributed by atoms with Crippen molar-refractivity contribution >= 4 is 5.97 Å². The quantitative estimate of drug-likeness (QED) is 0.693. The molecular weight excluding hydrogens is 375 g/mol. The predicted octanol–water partition coefficient (Wildman–Crippen LogP) is 3.36. The van der Waals surface area contributed by atoms with Gasteiger partial charge in [0.1, 0.15) is 18.5 Å². The topological polar surface area (TPSA) is 59.0 Å². The Balaban J connectivity index is 1.82. The van der Waals surface area contributed by atoms with E-state index in [9.17, 15) is 23.1 Å². The van der Waals surface area contributed by atoms with E-state index >= 15 is 0 Å². The number of carbonyl (C=O) groups excluding carboxylic acids is 1. The lowest BCUT2D eigenvalue weighted by molar-refractivity contribution is -0.137. The van der Waals surface area contributed by atoms with E-state index in [1.165, 1.54) is 25.3 Å². The van der Waals surface area contributed by atoms with Gasteiger partial charge in [0.2, 0.25) is 0 Å². The normalized spacial score (nSPS) is 12.7. The molecule has 0 aliphatic heterocycles. The van der Waals surface area contributed by atoms with Crippen molar-refractivity contribution in [2.45, 2.75) is 18.8 Å². The summed E-state index contributed by atoms with van der Waals surface area (Å²) < 4.78 is 47.9. The average molecular weight is 397 g/mol. The second-order valence-electron chi connectivity index (χ2n) is 6.38. The van der Waals surface area contributed by atoms with E-state index in [0.717, 1.165) is 12.1 Å². The molecule has 0 heterocycles. The number of methoxy groups -OCH3 is 1. The zero-order valence-electron chi connectivity index (χ0n) is 15.6.